The van der Waals surface area contributed by atoms with Crippen LogP contribution in [0.4, 0.5) is 10.1 Å². The van der Waals surface area contributed by atoms with Gasteiger partial charge in [0.05, 0.1) is 32.1 Å². The highest BCUT2D eigenvalue weighted by molar-refractivity contribution is 6.06. The molecule has 0 aromatic heterocycles. The Balaban J connectivity index is 1.40. The third-order valence-electron chi connectivity index (χ3n) is 8.26. The van der Waals surface area contributed by atoms with Crippen molar-refractivity contribution in [1.82, 2.24) is 10.2 Å². The predicted octanol–water partition coefficient (Wildman–Crippen LogP) is 5.66. The lowest BCUT2D eigenvalue weighted by molar-refractivity contribution is 0.209. The molecule has 1 N–H and O–H groups in total. The number of piperazine rings is 1. The van der Waals surface area contributed by atoms with Gasteiger partial charge in [0.1, 0.15) is 34.9 Å². The van der Waals surface area contributed by atoms with Crippen molar-refractivity contribution in [2.24, 2.45) is 4.99 Å². The standard InChI is InChI=1S/C33H37FN4O3/c1-21(2)37-14-16-38(17-15-37)25-11-7-22(8-12-25)31-27-13-18-41-29-20-26(39-3)19-28(40-4)30(29)32(27)36-33(35-31)23-5-9-24(34)10-6-23/h5-12,19-21,31H,13-18H2,1-4H3,(H,35,36). The molecule has 3 heterocycles. The van der Waals surface area contributed by atoms with E-state index in [2.05, 4.69) is 53.2 Å². The van der Waals surface area contributed by atoms with Crippen LogP contribution in [0.5, 0.6) is 17.2 Å². The molecule has 3 aliphatic rings. The quantitative estimate of drug-likeness (QED) is 0.423. The summed E-state index contributed by atoms with van der Waals surface area (Å²) >= 11 is 0. The van der Waals surface area contributed by atoms with E-state index in [9.17, 15) is 4.39 Å². The van der Waals surface area contributed by atoms with Crippen molar-refractivity contribution in [3.63, 3.8) is 0 Å². The van der Waals surface area contributed by atoms with Gasteiger partial charge in [-0.05, 0) is 61.4 Å². The highest BCUT2D eigenvalue weighted by Crippen LogP contribution is 2.46. The van der Waals surface area contributed by atoms with Gasteiger partial charge in [0.25, 0.3) is 0 Å². The molecule has 0 amide bonds. The summed E-state index contributed by atoms with van der Waals surface area (Å²) in [6, 6.07) is 19.3. The fraction of sp³-hybridized carbons (Fsp3) is 0.364. The summed E-state index contributed by atoms with van der Waals surface area (Å²) < 4.78 is 31.4. The number of aliphatic imine (C=N–C) groups is 1. The van der Waals surface area contributed by atoms with Crippen LogP contribution in [0.25, 0.3) is 5.70 Å². The number of ether oxygens (including phenoxy) is 3. The van der Waals surface area contributed by atoms with Crippen LogP contribution in [0.15, 0.2) is 71.2 Å². The van der Waals surface area contributed by atoms with Crippen LogP contribution in [0.2, 0.25) is 0 Å². The lowest BCUT2D eigenvalue weighted by atomic mass is 9.90. The Kier molecular flexibility index (Phi) is 7.58. The maximum atomic E-state index is 13.8. The molecule has 0 aliphatic carbocycles. The minimum absolute atomic E-state index is 0.237. The highest BCUT2D eigenvalue weighted by Gasteiger charge is 2.33. The smallest absolute Gasteiger partial charge is 0.136 e. The van der Waals surface area contributed by atoms with Crippen LogP contribution in [0.1, 0.15) is 43.0 Å². The first-order valence-corrected chi connectivity index (χ1v) is 14.3. The molecule has 8 heteroatoms. The molecule has 41 heavy (non-hydrogen) atoms. The van der Waals surface area contributed by atoms with E-state index in [1.54, 1.807) is 26.4 Å². The highest BCUT2D eigenvalue weighted by atomic mass is 19.1. The van der Waals surface area contributed by atoms with Crippen molar-refractivity contribution < 1.29 is 18.6 Å². The zero-order valence-electron chi connectivity index (χ0n) is 24.1. The van der Waals surface area contributed by atoms with Gasteiger partial charge in [-0.15, -0.1) is 0 Å². The van der Waals surface area contributed by atoms with Gasteiger partial charge >= 0.3 is 0 Å². The zero-order chi connectivity index (χ0) is 28.5. The van der Waals surface area contributed by atoms with Crippen LogP contribution in [0, 0.1) is 5.82 Å². The van der Waals surface area contributed by atoms with Crippen LogP contribution in [-0.2, 0) is 0 Å². The van der Waals surface area contributed by atoms with Gasteiger partial charge in [0.15, 0.2) is 0 Å². The Morgan fingerprint density at radius 3 is 2.34 bits per heavy atom. The molecule has 6 rings (SSSR count). The first-order valence-electron chi connectivity index (χ1n) is 14.3. The Morgan fingerprint density at radius 1 is 0.951 bits per heavy atom. The van der Waals surface area contributed by atoms with Crippen LogP contribution in [-0.4, -0.2) is 63.8 Å². The van der Waals surface area contributed by atoms with Gasteiger partial charge in [-0.25, -0.2) is 4.39 Å². The second kappa shape index (κ2) is 11.4. The van der Waals surface area contributed by atoms with Gasteiger partial charge in [-0.3, -0.25) is 9.89 Å². The van der Waals surface area contributed by atoms with E-state index in [4.69, 9.17) is 19.2 Å². The minimum atomic E-state index is -0.284. The molecule has 1 unspecified atom stereocenters. The normalized spacial score (nSPS) is 19.0. The number of anilines is 1. The Labute approximate surface area is 241 Å². The second-order valence-corrected chi connectivity index (χ2v) is 10.9. The third-order valence-corrected chi connectivity index (χ3v) is 8.26. The van der Waals surface area contributed by atoms with E-state index in [1.165, 1.54) is 17.8 Å². The van der Waals surface area contributed by atoms with E-state index in [-0.39, 0.29) is 11.9 Å². The van der Waals surface area contributed by atoms with Gasteiger partial charge < -0.3 is 24.4 Å². The molecule has 3 aliphatic heterocycles. The van der Waals surface area contributed by atoms with Crippen molar-refractivity contribution in [3.05, 3.63) is 88.7 Å². The fourth-order valence-corrected chi connectivity index (χ4v) is 5.93. The van der Waals surface area contributed by atoms with Crippen molar-refractivity contribution >= 4 is 17.2 Å². The molecule has 0 bridgehead atoms. The first-order chi connectivity index (χ1) is 19.9. The molecule has 3 aromatic carbocycles. The first kappa shape index (κ1) is 27.1. The molecule has 0 spiro atoms. The number of methoxy groups -OCH3 is 2. The average molecular weight is 557 g/mol. The summed E-state index contributed by atoms with van der Waals surface area (Å²) in [5.41, 5.74) is 5.99. The van der Waals surface area contributed by atoms with Crippen molar-refractivity contribution in [3.8, 4) is 17.2 Å². The molecule has 7 nitrogen and oxygen atoms in total. The molecule has 1 fully saturated rings. The van der Waals surface area contributed by atoms with Gasteiger partial charge in [-0.1, -0.05) is 12.1 Å². The predicted molar refractivity (Wildman–Crippen MR) is 161 cm³/mol. The third kappa shape index (κ3) is 5.36. The summed E-state index contributed by atoms with van der Waals surface area (Å²) in [4.78, 5) is 10.2. The maximum absolute atomic E-state index is 13.8. The van der Waals surface area contributed by atoms with Gasteiger partial charge in [0, 0.05) is 62.0 Å². The number of nitrogens with one attached hydrogen (secondary N) is 1. The van der Waals surface area contributed by atoms with Crippen LogP contribution in [0.3, 0.4) is 0 Å². The largest absolute Gasteiger partial charge is 0.496 e. The molecule has 1 saturated heterocycles. The Morgan fingerprint density at radius 2 is 1.68 bits per heavy atom. The molecule has 214 valence electrons. The Bertz CT molecular complexity index is 1460. The summed E-state index contributed by atoms with van der Waals surface area (Å²) in [7, 11) is 3.28. The second-order valence-electron chi connectivity index (χ2n) is 10.9. The molecule has 0 saturated carbocycles. The summed E-state index contributed by atoms with van der Waals surface area (Å²) in [5.74, 6) is 2.39. The number of hydrogen-bond acceptors (Lipinski definition) is 7. The Hall–Kier alpha value is -4.04. The number of hydrogen-bond donors (Lipinski definition) is 1. The molecule has 0 radical (unpaired) electrons. The maximum Gasteiger partial charge on any atom is 0.136 e. The monoisotopic (exact) mass is 556 g/mol. The number of halogens is 1. The SMILES string of the molecule is COc1cc(OC)c2c(c1)OCCC1=C2NC(c2ccc(F)cc2)=NC1c1ccc(N2CCN(C(C)C)CC2)cc1. The van der Waals surface area contributed by atoms with Crippen LogP contribution >= 0.6 is 0 Å². The number of benzene rings is 3. The van der Waals surface area contributed by atoms with E-state index in [0.717, 1.165) is 54.1 Å². The molecule has 1 atom stereocenters. The fourth-order valence-electron chi connectivity index (χ4n) is 5.93. The summed E-state index contributed by atoms with van der Waals surface area (Å²) in [6.45, 7) is 9.20. The van der Waals surface area contributed by atoms with E-state index in [1.807, 2.05) is 12.1 Å². The minimum Gasteiger partial charge on any atom is -0.496 e. The topological polar surface area (TPSA) is 58.6 Å². The average Bonchev–Trinajstić information content (AvgIpc) is 3.20. The lowest BCUT2D eigenvalue weighted by Gasteiger charge is -2.38. The van der Waals surface area contributed by atoms with Crippen molar-refractivity contribution in [1.29, 1.82) is 0 Å². The summed E-state index contributed by atoms with van der Waals surface area (Å²) in [5, 5.41) is 3.57. The van der Waals surface area contributed by atoms with Gasteiger partial charge in [-0.2, -0.15) is 0 Å². The van der Waals surface area contributed by atoms with Gasteiger partial charge in [0.2, 0.25) is 0 Å². The number of fused-ring (bicyclic) bond motifs is 2. The zero-order valence-corrected chi connectivity index (χ0v) is 24.1. The number of nitrogens with zero attached hydrogens (tertiary/aromatic N) is 3. The number of amidine groups is 1. The van der Waals surface area contributed by atoms with Crippen LogP contribution < -0.4 is 24.4 Å². The van der Waals surface area contributed by atoms with Crippen molar-refractivity contribution in [2.45, 2.75) is 32.4 Å². The molecule has 3 aromatic rings. The van der Waals surface area contributed by atoms with E-state index in [0.29, 0.717) is 42.2 Å². The molecular weight excluding hydrogens is 519 g/mol. The summed E-state index contributed by atoms with van der Waals surface area (Å²) in [6.07, 6.45) is 0.687. The lowest BCUT2D eigenvalue weighted by Crippen LogP contribution is -2.48. The number of rotatable bonds is 6. The van der Waals surface area contributed by atoms with E-state index >= 15 is 0 Å². The molecular formula is C33H37FN4O3. The van der Waals surface area contributed by atoms with Crippen molar-refractivity contribution in [2.75, 3.05) is 51.9 Å². The van der Waals surface area contributed by atoms with E-state index < -0.39 is 0 Å².